The Kier molecular flexibility index (Phi) is 6.12. The molecule has 6 nitrogen and oxygen atoms in total. The lowest BCUT2D eigenvalue weighted by atomic mass is 10.2. The highest BCUT2D eigenvalue weighted by molar-refractivity contribution is 5.92. The summed E-state index contributed by atoms with van der Waals surface area (Å²) in [5, 5.41) is 7.24. The maximum absolute atomic E-state index is 12.1. The van der Waals surface area contributed by atoms with Gasteiger partial charge < -0.3 is 15.8 Å². The van der Waals surface area contributed by atoms with E-state index in [-0.39, 0.29) is 17.6 Å². The number of anilines is 1. The molecule has 0 aliphatic rings. The van der Waals surface area contributed by atoms with Gasteiger partial charge in [-0.15, -0.1) is 13.2 Å². The van der Waals surface area contributed by atoms with E-state index in [0.717, 1.165) is 17.9 Å². The van der Waals surface area contributed by atoms with E-state index in [1.165, 1.54) is 24.3 Å². The van der Waals surface area contributed by atoms with Crippen molar-refractivity contribution < 1.29 is 17.9 Å². The van der Waals surface area contributed by atoms with E-state index in [4.69, 9.17) is 5.73 Å². The fourth-order valence-corrected chi connectivity index (χ4v) is 2.39. The third-order valence-corrected chi connectivity index (χ3v) is 3.52. The average Bonchev–Trinajstić information content (AvgIpc) is 2.83. The first-order chi connectivity index (χ1) is 12.1. The molecule has 2 rings (SSSR count). The van der Waals surface area contributed by atoms with Crippen LogP contribution in [-0.4, -0.2) is 28.6 Å². The molecule has 1 heterocycles. The first-order valence-corrected chi connectivity index (χ1v) is 8.06. The van der Waals surface area contributed by atoms with Crippen LogP contribution in [0.25, 0.3) is 0 Å². The Morgan fingerprint density at radius 3 is 2.50 bits per heavy atom. The van der Waals surface area contributed by atoms with Crippen LogP contribution in [0, 0.1) is 19.8 Å². The normalized spacial score (nSPS) is 13.5. The van der Waals surface area contributed by atoms with Crippen LogP contribution >= 0.6 is 0 Å². The fraction of sp³-hybridized carbons (Fsp3) is 0.412. The van der Waals surface area contributed by atoms with Crippen molar-refractivity contribution in [1.82, 2.24) is 9.78 Å². The molecule has 0 aliphatic carbocycles. The summed E-state index contributed by atoms with van der Waals surface area (Å²) in [5.41, 5.74) is 8.41. The van der Waals surface area contributed by atoms with Crippen LogP contribution in [0.3, 0.4) is 0 Å². The average molecular weight is 369 g/mol. The molecule has 9 heteroatoms. The van der Waals surface area contributed by atoms with Crippen molar-refractivity contribution in [2.24, 2.45) is 16.6 Å². The highest BCUT2D eigenvalue weighted by Gasteiger charge is 2.30. The Morgan fingerprint density at radius 1 is 1.31 bits per heavy atom. The molecule has 142 valence electrons. The van der Waals surface area contributed by atoms with Crippen molar-refractivity contribution in [3.8, 4) is 5.75 Å². The topological polar surface area (TPSA) is 77.5 Å². The van der Waals surface area contributed by atoms with E-state index >= 15 is 0 Å². The summed E-state index contributed by atoms with van der Waals surface area (Å²) in [6, 6.07) is 7.28. The summed E-state index contributed by atoms with van der Waals surface area (Å²) in [6.45, 7) is 7.19. The van der Waals surface area contributed by atoms with E-state index in [2.05, 4.69) is 20.1 Å². The van der Waals surface area contributed by atoms with Gasteiger partial charge in [0.25, 0.3) is 0 Å². The summed E-state index contributed by atoms with van der Waals surface area (Å²) >= 11 is 0. The molecule has 1 aromatic carbocycles. The van der Waals surface area contributed by atoms with Crippen molar-refractivity contribution in [2.45, 2.75) is 33.7 Å². The Balaban J connectivity index is 1.86. The lowest BCUT2D eigenvalue weighted by Crippen LogP contribution is -2.24. The SMILES string of the molecule is Cc1cc(C)n(CC(C)CN=C(N)Nc2ccc(OC(F)(F)F)cc2)n1. The molecule has 0 bridgehead atoms. The van der Waals surface area contributed by atoms with Gasteiger partial charge in [0.2, 0.25) is 0 Å². The molecule has 0 amide bonds. The molecule has 2 aromatic rings. The molecule has 1 aromatic heterocycles. The first kappa shape index (κ1) is 19.6. The minimum Gasteiger partial charge on any atom is -0.406 e. The standard InChI is InChI=1S/C17H22F3N5O/c1-11(10-25-13(3)8-12(2)24-25)9-22-16(21)23-14-4-6-15(7-5-14)26-17(18,19)20/h4-8,11H,9-10H2,1-3H3,(H3,21,22,23). The summed E-state index contributed by atoms with van der Waals surface area (Å²) < 4.78 is 42.1. The largest absolute Gasteiger partial charge is 0.573 e. The van der Waals surface area contributed by atoms with Crippen LogP contribution in [0.5, 0.6) is 5.75 Å². The van der Waals surface area contributed by atoms with Crippen LogP contribution < -0.4 is 15.8 Å². The number of nitrogens with zero attached hydrogens (tertiary/aromatic N) is 3. The van der Waals surface area contributed by atoms with Crippen LogP contribution in [0.15, 0.2) is 35.3 Å². The predicted octanol–water partition coefficient (Wildman–Crippen LogP) is 3.46. The first-order valence-electron chi connectivity index (χ1n) is 8.06. The summed E-state index contributed by atoms with van der Waals surface area (Å²) in [4.78, 5) is 4.26. The molecule has 0 spiro atoms. The van der Waals surface area contributed by atoms with Crippen LogP contribution in [0.2, 0.25) is 0 Å². The van der Waals surface area contributed by atoms with Gasteiger partial charge in [0.1, 0.15) is 5.75 Å². The molecule has 0 saturated carbocycles. The molecule has 1 atom stereocenters. The Morgan fingerprint density at radius 2 is 1.96 bits per heavy atom. The molecular weight excluding hydrogens is 347 g/mol. The highest BCUT2D eigenvalue weighted by atomic mass is 19.4. The Bertz CT molecular complexity index is 753. The van der Waals surface area contributed by atoms with Gasteiger partial charge in [0.15, 0.2) is 5.96 Å². The van der Waals surface area contributed by atoms with Crippen molar-refractivity contribution in [1.29, 1.82) is 0 Å². The van der Waals surface area contributed by atoms with Crippen molar-refractivity contribution in [3.05, 3.63) is 41.7 Å². The van der Waals surface area contributed by atoms with Gasteiger partial charge in [0.05, 0.1) is 5.69 Å². The Hall–Kier alpha value is -2.71. The number of hydrogen-bond donors (Lipinski definition) is 2. The minimum atomic E-state index is -4.71. The van der Waals surface area contributed by atoms with E-state index in [1.54, 1.807) is 0 Å². The van der Waals surface area contributed by atoms with Crippen molar-refractivity contribution in [2.75, 3.05) is 11.9 Å². The third-order valence-electron chi connectivity index (χ3n) is 3.52. The van der Waals surface area contributed by atoms with Gasteiger partial charge in [-0.25, -0.2) is 0 Å². The number of aromatic nitrogens is 2. The number of nitrogens with one attached hydrogen (secondary N) is 1. The molecule has 26 heavy (non-hydrogen) atoms. The molecule has 3 N–H and O–H groups in total. The number of guanidine groups is 1. The van der Waals surface area contributed by atoms with Gasteiger partial charge in [0, 0.05) is 24.5 Å². The quantitative estimate of drug-likeness (QED) is 0.604. The van der Waals surface area contributed by atoms with Crippen molar-refractivity contribution in [3.63, 3.8) is 0 Å². The van der Waals surface area contributed by atoms with Crippen molar-refractivity contribution >= 4 is 11.6 Å². The molecular formula is C17H22F3N5O. The second-order valence-electron chi connectivity index (χ2n) is 6.14. The predicted molar refractivity (Wildman–Crippen MR) is 94.1 cm³/mol. The highest BCUT2D eigenvalue weighted by Crippen LogP contribution is 2.23. The number of rotatable bonds is 6. The molecule has 0 fully saturated rings. The second kappa shape index (κ2) is 8.11. The summed E-state index contributed by atoms with van der Waals surface area (Å²) in [5.74, 6) is 0.114. The van der Waals surface area contributed by atoms with E-state index < -0.39 is 6.36 Å². The number of nitrogens with two attached hydrogens (primary N) is 1. The number of aryl methyl sites for hydroxylation is 2. The smallest absolute Gasteiger partial charge is 0.406 e. The zero-order chi connectivity index (χ0) is 19.3. The van der Waals surface area contributed by atoms with Gasteiger partial charge >= 0.3 is 6.36 Å². The lowest BCUT2D eigenvalue weighted by molar-refractivity contribution is -0.274. The zero-order valence-electron chi connectivity index (χ0n) is 14.8. The van der Waals surface area contributed by atoms with Gasteiger partial charge in [-0.2, -0.15) is 5.10 Å². The minimum absolute atomic E-state index is 0.190. The summed E-state index contributed by atoms with van der Waals surface area (Å²) in [6.07, 6.45) is -4.71. The summed E-state index contributed by atoms with van der Waals surface area (Å²) in [7, 11) is 0. The fourth-order valence-electron chi connectivity index (χ4n) is 2.39. The molecule has 0 aliphatic heterocycles. The molecule has 0 radical (unpaired) electrons. The maximum atomic E-state index is 12.1. The molecule has 1 unspecified atom stereocenters. The van der Waals surface area contributed by atoms with Gasteiger partial charge in [-0.3, -0.25) is 9.67 Å². The lowest BCUT2D eigenvalue weighted by Gasteiger charge is -2.12. The number of halogens is 3. The molecule has 0 saturated heterocycles. The maximum Gasteiger partial charge on any atom is 0.573 e. The zero-order valence-corrected chi connectivity index (χ0v) is 14.8. The van der Waals surface area contributed by atoms with Crippen LogP contribution in [-0.2, 0) is 6.54 Å². The van der Waals surface area contributed by atoms with E-state index in [1.807, 2.05) is 31.5 Å². The Labute approximate surface area is 149 Å². The number of ether oxygens (including phenoxy) is 1. The number of hydrogen-bond acceptors (Lipinski definition) is 3. The second-order valence-corrected chi connectivity index (χ2v) is 6.14. The number of aliphatic imine (C=N–C) groups is 1. The van der Waals surface area contributed by atoms with Gasteiger partial charge in [-0.05, 0) is 50.1 Å². The van der Waals surface area contributed by atoms with Crippen LogP contribution in [0.4, 0.5) is 18.9 Å². The number of benzene rings is 1. The van der Waals surface area contributed by atoms with E-state index in [9.17, 15) is 13.2 Å². The van der Waals surface area contributed by atoms with Gasteiger partial charge in [-0.1, -0.05) is 6.92 Å². The van der Waals surface area contributed by atoms with E-state index in [0.29, 0.717) is 12.2 Å². The number of alkyl halides is 3. The van der Waals surface area contributed by atoms with Crippen LogP contribution in [0.1, 0.15) is 18.3 Å². The monoisotopic (exact) mass is 369 g/mol. The third kappa shape index (κ3) is 6.30.